The van der Waals surface area contributed by atoms with E-state index in [4.69, 9.17) is 9.98 Å². The lowest BCUT2D eigenvalue weighted by atomic mass is 9.94. The monoisotopic (exact) mass is 598 g/mol. The molecule has 0 aliphatic carbocycles. The standard InChI is InChI=1S/C45H30N2/c1-7-19-36-30(13-1)25-31-14-2-8-20-37(31)42(36)28-46-45(44-40-23-11-5-17-34(40)27-35-18-6-12-24-41(35)44)47-29-43-38-21-9-3-15-32(38)26-33-16-4-10-22-39(33)43/h1-29,45H/b46-28-,47-29+. The van der Waals surface area contributed by atoms with Crippen LogP contribution >= 0.6 is 0 Å². The molecule has 9 rings (SSSR count). The molecule has 47 heavy (non-hydrogen) atoms. The van der Waals surface area contributed by atoms with Crippen molar-refractivity contribution in [2.24, 2.45) is 9.98 Å². The number of hydrogen-bond donors (Lipinski definition) is 0. The molecule has 0 N–H and O–H groups in total. The molecule has 2 nitrogen and oxygen atoms in total. The van der Waals surface area contributed by atoms with Crippen LogP contribution in [-0.2, 0) is 0 Å². The zero-order valence-electron chi connectivity index (χ0n) is 25.7. The van der Waals surface area contributed by atoms with Gasteiger partial charge in [0.2, 0.25) is 0 Å². The van der Waals surface area contributed by atoms with Crippen molar-refractivity contribution in [1.82, 2.24) is 0 Å². The van der Waals surface area contributed by atoms with E-state index in [1.807, 2.05) is 0 Å². The maximum absolute atomic E-state index is 5.42. The molecule has 0 aromatic heterocycles. The van der Waals surface area contributed by atoms with Crippen molar-refractivity contribution in [2.75, 3.05) is 0 Å². The molecule has 0 saturated carbocycles. The Balaban J connectivity index is 1.32. The van der Waals surface area contributed by atoms with E-state index in [1.165, 1.54) is 53.9 Å². The van der Waals surface area contributed by atoms with Gasteiger partial charge in [-0.15, -0.1) is 0 Å². The Bertz CT molecular complexity index is 2410. The zero-order chi connectivity index (χ0) is 31.2. The Morgan fingerprint density at radius 2 is 0.574 bits per heavy atom. The van der Waals surface area contributed by atoms with Crippen molar-refractivity contribution in [1.29, 1.82) is 0 Å². The molecule has 0 heterocycles. The third-order valence-corrected chi connectivity index (χ3v) is 9.39. The van der Waals surface area contributed by atoms with Crippen LogP contribution in [0, 0.1) is 0 Å². The Morgan fingerprint density at radius 3 is 0.894 bits per heavy atom. The third kappa shape index (κ3) is 4.74. The van der Waals surface area contributed by atoms with Gasteiger partial charge in [0.15, 0.2) is 6.17 Å². The second-order valence-electron chi connectivity index (χ2n) is 12.1. The predicted molar refractivity (Wildman–Crippen MR) is 202 cm³/mol. The average Bonchev–Trinajstić information content (AvgIpc) is 3.13. The second-order valence-corrected chi connectivity index (χ2v) is 12.1. The molecular weight excluding hydrogens is 569 g/mol. The summed E-state index contributed by atoms with van der Waals surface area (Å²) in [6.07, 6.45) is 3.64. The summed E-state index contributed by atoms with van der Waals surface area (Å²) in [6, 6.07) is 58.3. The molecule has 9 aromatic carbocycles. The van der Waals surface area contributed by atoms with Gasteiger partial charge in [0, 0.05) is 29.1 Å². The highest BCUT2D eigenvalue weighted by Gasteiger charge is 2.17. The maximum Gasteiger partial charge on any atom is 0.166 e. The van der Waals surface area contributed by atoms with Crippen LogP contribution in [0.5, 0.6) is 0 Å². The smallest absolute Gasteiger partial charge is 0.166 e. The number of rotatable bonds is 5. The molecule has 1 unspecified atom stereocenters. The van der Waals surface area contributed by atoms with Gasteiger partial charge in [-0.1, -0.05) is 146 Å². The van der Waals surface area contributed by atoms with Gasteiger partial charge < -0.3 is 0 Å². The summed E-state index contributed by atoms with van der Waals surface area (Å²) in [5.41, 5.74) is 3.33. The highest BCUT2D eigenvalue weighted by atomic mass is 15.0. The van der Waals surface area contributed by atoms with Gasteiger partial charge >= 0.3 is 0 Å². The van der Waals surface area contributed by atoms with Crippen LogP contribution in [0.25, 0.3) is 64.6 Å². The van der Waals surface area contributed by atoms with Crippen LogP contribution in [0.4, 0.5) is 0 Å². The van der Waals surface area contributed by atoms with E-state index in [0.29, 0.717) is 0 Å². The van der Waals surface area contributed by atoms with Gasteiger partial charge in [0.1, 0.15) is 0 Å². The topological polar surface area (TPSA) is 24.7 Å². The fraction of sp³-hybridized carbons (Fsp3) is 0.0222. The van der Waals surface area contributed by atoms with E-state index in [-0.39, 0.29) is 0 Å². The first-order valence-corrected chi connectivity index (χ1v) is 16.1. The van der Waals surface area contributed by atoms with Crippen LogP contribution in [0.2, 0.25) is 0 Å². The van der Waals surface area contributed by atoms with Gasteiger partial charge in [0.05, 0.1) is 0 Å². The summed E-state index contributed by atoms with van der Waals surface area (Å²) in [4.78, 5) is 10.8. The van der Waals surface area contributed by atoms with Gasteiger partial charge in [-0.2, -0.15) is 0 Å². The molecule has 0 amide bonds. The van der Waals surface area contributed by atoms with Crippen molar-refractivity contribution < 1.29 is 0 Å². The predicted octanol–water partition coefficient (Wildman–Crippen LogP) is 11.8. The Morgan fingerprint density at radius 1 is 0.319 bits per heavy atom. The van der Waals surface area contributed by atoms with E-state index in [9.17, 15) is 0 Å². The normalized spacial score (nSPS) is 12.9. The summed E-state index contributed by atoms with van der Waals surface area (Å²) in [5.74, 6) is 0. The minimum absolute atomic E-state index is 0.485. The number of nitrogens with zero attached hydrogens (tertiary/aromatic N) is 2. The van der Waals surface area contributed by atoms with E-state index in [0.717, 1.165) is 27.5 Å². The van der Waals surface area contributed by atoms with E-state index >= 15 is 0 Å². The summed E-state index contributed by atoms with van der Waals surface area (Å²) in [7, 11) is 0. The first-order chi connectivity index (χ1) is 23.3. The highest BCUT2D eigenvalue weighted by Crippen LogP contribution is 2.37. The van der Waals surface area contributed by atoms with Gasteiger partial charge in [-0.3, -0.25) is 9.98 Å². The molecule has 220 valence electrons. The summed E-state index contributed by atoms with van der Waals surface area (Å²) >= 11 is 0. The third-order valence-electron chi connectivity index (χ3n) is 9.39. The fourth-order valence-corrected chi connectivity index (χ4v) is 7.18. The maximum atomic E-state index is 5.42. The van der Waals surface area contributed by atoms with Crippen LogP contribution in [0.15, 0.2) is 174 Å². The minimum Gasteiger partial charge on any atom is -0.261 e. The Labute approximate surface area is 273 Å². The summed E-state index contributed by atoms with van der Waals surface area (Å²) in [6.45, 7) is 0. The molecule has 0 bridgehead atoms. The Hall–Kier alpha value is -6.12. The summed E-state index contributed by atoms with van der Waals surface area (Å²) in [5, 5.41) is 14.2. The van der Waals surface area contributed by atoms with Crippen molar-refractivity contribution in [3.05, 3.63) is 180 Å². The molecule has 9 aromatic rings. The van der Waals surface area contributed by atoms with Crippen LogP contribution in [0.1, 0.15) is 22.9 Å². The molecule has 1 atom stereocenters. The second kappa shape index (κ2) is 11.3. The molecule has 0 saturated heterocycles. The zero-order valence-corrected chi connectivity index (χ0v) is 25.7. The van der Waals surface area contributed by atoms with Gasteiger partial charge in [-0.25, -0.2) is 0 Å². The van der Waals surface area contributed by atoms with Gasteiger partial charge in [0.25, 0.3) is 0 Å². The average molecular weight is 599 g/mol. The SMILES string of the molecule is C(=N/C(/N=C/c1c2ccccc2cc2ccccc12)c1c2ccccc2cc2ccccc12)/c1c2ccccc2cc2ccccc12. The van der Waals surface area contributed by atoms with E-state index < -0.39 is 6.17 Å². The lowest BCUT2D eigenvalue weighted by Gasteiger charge is -2.17. The Kier molecular flexibility index (Phi) is 6.57. The fourth-order valence-electron chi connectivity index (χ4n) is 7.18. The molecule has 0 aliphatic rings. The van der Waals surface area contributed by atoms with Crippen LogP contribution < -0.4 is 0 Å². The summed E-state index contributed by atoms with van der Waals surface area (Å²) < 4.78 is 0. The van der Waals surface area contributed by atoms with E-state index in [1.54, 1.807) is 0 Å². The number of hydrogen-bond acceptors (Lipinski definition) is 2. The van der Waals surface area contributed by atoms with Crippen LogP contribution in [0.3, 0.4) is 0 Å². The number of benzene rings is 9. The molecule has 0 aliphatic heterocycles. The van der Waals surface area contributed by atoms with Crippen molar-refractivity contribution in [3.63, 3.8) is 0 Å². The first-order valence-electron chi connectivity index (χ1n) is 16.1. The van der Waals surface area contributed by atoms with E-state index in [2.05, 4.69) is 176 Å². The molecule has 2 heteroatoms. The molecule has 0 radical (unpaired) electrons. The molecule has 0 spiro atoms. The lowest BCUT2D eigenvalue weighted by molar-refractivity contribution is 0.802. The van der Waals surface area contributed by atoms with Crippen molar-refractivity contribution in [2.45, 2.75) is 6.17 Å². The largest absolute Gasteiger partial charge is 0.261 e. The van der Waals surface area contributed by atoms with Crippen LogP contribution in [-0.4, -0.2) is 12.4 Å². The van der Waals surface area contributed by atoms with Gasteiger partial charge in [-0.05, 0) is 82.8 Å². The van der Waals surface area contributed by atoms with Crippen molar-refractivity contribution in [3.8, 4) is 0 Å². The quantitative estimate of drug-likeness (QED) is 0.139. The minimum atomic E-state index is -0.485. The molecule has 0 fully saturated rings. The lowest BCUT2D eigenvalue weighted by Crippen LogP contribution is -2.00. The van der Waals surface area contributed by atoms with Crippen molar-refractivity contribution >= 4 is 77.1 Å². The first kappa shape index (κ1) is 27.2. The molecular formula is C45H30N2. The highest BCUT2D eigenvalue weighted by molar-refractivity contribution is 6.15. The number of aliphatic imine (C=N–C) groups is 2. The number of fused-ring (bicyclic) bond motifs is 6.